The Balaban J connectivity index is 3.50. The lowest BCUT2D eigenvalue weighted by atomic mass is 10.2. The van der Waals surface area contributed by atoms with E-state index in [0.717, 1.165) is 0 Å². The lowest BCUT2D eigenvalue weighted by molar-refractivity contribution is -0.140. The van der Waals surface area contributed by atoms with Crippen molar-refractivity contribution in [2.75, 3.05) is 7.11 Å². The van der Waals surface area contributed by atoms with Gasteiger partial charge in [-0.3, -0.25) is 4.79 Å². The predicted octanol–water partition coefficient (Wildman–Crippen LogP) is 0.857. The minimum atomic E-state index is -0.321. The highest BCUT2D eigenvalue weighted by Gasteiger charge is 2.10. The molecule has 0 heterocycles. The molecule has 0 aromatic rings. The molecule has 0 saturated carbocycles. The maximum absolute atomic E-state index is 10.4. The summed E-state index contributed by atoms with van der Waals surface area (Å²) in [6.45, 7) is 8.18. The standard InChI is InChI=1S/C6H9NO2/c1-5(7-2)4-6(8)9-3/h5H,4H2,1,3H3. The molecule has 3 heteroatoms. The first-order valence-electron chi connectivity index (χ1n) is 2.64. The highest BCUT2D eigenvalue weighted by molar-refractivity contribution is 5.70. The first kappa shape index (κ1) is 7.96. The van der Waals surface area contributed by atoms with Crippen molar-refractivity contribution in [3.8, 4) is 0 Å². The summed E-state index contributed by atoms with van der Waals surface area (Å²) in [7, 11) is 1.32. The zero-order valence-corrected chi connectivity index (χ0v) is 5.55. The maximum atomic E-state index is 10.4. The monoisotopic (exact) mass is 127 g/mol. The van der Waals surface area contributed by atoms with Crippen molar-refractivity contribution in [1.82, 2.24) is 0 Å². The summed E-state index contributed by atoms with van der Waals surface area (Å²) in [6, 6.07) is -0.252. The van der Waals surface area contributed by atoms with Crippen molar-refractivity contribution in [3.63, 3.8) is 0 Å². The third kappa shape index (κ3) is 3.53. The number of hydrogen-bond donors (Lipinski definition) is 0. The Kier molecular flexibility index (Phi) is 3.45. The van der Waals surface area contributed by atoms with Crippen molar-refractivity contribution in [2.45, 2.75) is 19.4 Å². The third-order valence-corrected chi connectivity index (χ3v) is 0.910. The minimum absolute atomic E-state index is 0.194. The topological polar surface area (TPSA) is 30.7 Å². The van der Waals surface area contributed by atoms with E-state index in [1.54, 1.807) is 6.92 Å². The van der Waals surface area contributed by atoms with E-state index in [2.05, 4.69) is 9.58 Å². The van der Waals surface area contributed by atoms with Gasteiger partial charge < -0.3 is 9.58 Å². The van der Waals surface area contributed by atoms with Gasteiger partial charge in [0.25, 0.3) is 0 Å². The second-order valence-electron chi connectivity index (χ2n) is 1.76. The highest BCUT2D eigenvalue weighted by atomic mass is 16.5. The molecule has 0 rings (SSSR count). The van der Waals surface area contributed by atoms with Crippen LogP contribution in [-0.4, -0.2) is 19.1 Å². The fraction of sp³-hybridized carbons (Fsp3) is 0.667. The molecule has 0 saturated heterocycles. The van der Waals surface area contributed by atoms with Crippen molar-refractivity contribution in [2.24, 2.45) is 0 Å². The average molecular weight is 127 g/mol. The van der Waals surface area contributed by atoms with E-state index in [1.165, 1.54) is 7.11 Å². The lowest BCUT2D eigenvalue weighted by Gasteiger charge is -1.95. The van der Waals surface area contributed by atoms with Crippen LogP contribution in [0.4, 0.5) is 0 Å². The van der Waals surface area contributed by atoms with Gasteiger partial charge in [0.05, 0.1) is 7.11 Å². The second kappa shape index (κ2) is 3.90. The number of nitrogens with zero attached hydrogens (tertiary/aromatic N) is 1. The van der Waals surface area contributed by atoms with Crippen LogP contribution >= 0.6 is 0 Å². The van der Waals surface area contributed by atoms with Crippen molar-refractivity contribution >= 4 is 5.97 Å². The largest absolute Gasteiger partial charge is 0.469 e. The zero-order valence-electron chi connectivity index (χ0n) is 5.55. The van der Waals surface area contributed by atoms with Crippen LogP contribution in [0.3, 0.4) is 0 Å². The number of rotatable bonds is 2. The average Bonchev–Trinajstić information content (AvgIpc) is 1.87. The van der Waals surface area contributed by atoms with Gasteiger partial charge in [-0.1, -0.05) is 0 Å². The summed E-state index contributed by atoms with van der Waals surface area (Å²) < 4.78 is 4.34. The van der Waals surface area contributed by atoms with Crippen LogP contribution in [-0.2, 0) is 9.53 Å². The van der Waals surface area contributed by atoms with E-state index >= 15 is 0 Å². The van der Waals surface area contributed by atoms with Crippen LogP contribution in [0.1, 0.15) is 13.3 Å². The summed E-state index contributed by atoms with van der Waals surface area (Å²) >= 11 is 0. The van der Waals surface area contributed by atoms with Gasteiger partial charge in [0.1, 0.15) is 6.42 Å². The van der Waals surface area contributed by atoms with Gasteiger partial charge in [0.15, 0.2) is 0 Å². The number of methoxy groups -OCH3 is 1. The molecule has 1 unspecified atom stereocenters. The molecule has 0 aromatic heterocycles. The van der Waals surface area contributed by atoms with Gasteiger partial charge in [-0.25, -0.2) is 6.57 Å². The molecular weight excluding hydrogens is 118 g/mol. The molecule has 0 N–H and O–H groups in total. The Morgan fingerprint density at radius 2 is 2.44 bits per heavy atom. The molecule has 0 aliphatic rings. The molecule has 0 fully saturated rings. The minimum Gasteiger partial charge on any atom is -0.469 e. The number of hydrogen-bond acceptors (Lipinski definition) is 2. The second-order valence-corrected chi connectivity index (χ2v) is 1.76. The summed E-state index contributed by atoms with van der Waals surface area (Å²) in [5, 5.41) is 0. The van der Waals surface area contributed by atoms with Crippen LogP contribution in [0.5, 0.6) is 0 Å². The number of carbonyl (C=O) groups excluding carboxylic acids is 1. The number of carbonyl (C=O) groups is 1. The van der Waals surface area contributed by atoms with Crippen LogP contribution in [0.25, 0.3) is 4.85 Å². The van der Waals surface area contributed by atoms with Crippen LogP contribution in [0.15, 0.2) is 0 Å². The molecule has 0 bridgehead atoms. The van der Waals surface area contributed by atoms with E-state index in [1.807, 2.05) is 0 Å². The highest BCUT2D eigenvalue weighted by Crippen LogP contribution is 1.96. The summed E-state index contributed by atoms with van der Waals surface area (Å²) in [4.78, 5) is 13.5. The molecule has 0 radical (unpaired) electrons. The summed E-state index contributed by atoms with van der Waals surface area (Å²) in [5.74, 6) is -0.321. The van der Waals surface area contributed by atoms with Gasteiger partial charge in [-0.05, 0) is 0 Å². The molecule has 0 spiro atoms. The smallest absolute Gasteiger partial charge is 0.313 e. The van der Waals surface area contributed by atoms with Crippen LogP contribution in [0.2, 0.25) is 0 Å². The first-order chi connectivity index (χ1) is 4.20. The molecular formula is C6H9NO2. The summed E-state index contributed by atoms with van der Waals surface area (Å²) in [6.07, 6.45) is 0.194. The third-order valence-electron chi connectivity index (χ3n) is 0.910. The Hall–Kier alpha value is -1.04. The SMILES string of the molecule is [C-]#[N+]C(C)CC(=O)OC. The van der Waals surface area contributed by atoms with Gasteiger partial charge >= 0.3 is 5.97 Å². The molecule has 0 aliphatic heterocycles. The zero-order chi connectivity index (χ0) is 7.28. The van der Waals surface area contributed by atoms with Gasteiger partial charge in [-0.15, -0.1) is 0 Å². The lowest BCUT2D eigenvalue weighted by Crippen LogP contribution is -2.07. The molecule has 0 aromatic carbocycles. The van der Waals surface area contributed by atoms with Crippen molar-refractivity contribution in [3.05, 3.63) is 11.4 Å². The van der Waals surface area contributed by atoms with Gasteiger partial charge in [0, 0.05) is 6.92 Å². The van der Waals surface area contributed by atoms with Gasteiger partial charge in [-0.2, -0.15) is 0 Å². The molecule has 3 nitrogen and oxygen atoms in total. The van der Waals surface area contributed by atoms with E-state index in [4.69, 9.17) is 6.57 Å². The number of esters is 1. The van der Waals surface area contributed by atoms with E-state index in [0.29, 0.717) is 0 Å². The maximum Gasteiger partial charge on any atom is 0.313 e. The molecule has 9 heavy (non-hydrogen) atoms. The van der Waals surface area contributed by atoms with Crippen molar-refractivity contribution in [1.29, 1.82) is 0 Å². The quantitative estimate of drug-likeness (QED) is 0.407. The van der Waals surface area contributed by atoms with Crippen LogP contribution < -0.4 is 0 Å². The van der Waals surface area contributed by atoms with Crippen LogP contribution in [0, 0.1) is 6.57 Å². The Bertz CT molecular complexity index is 136. The molecule has 0 aliphatic carbocycles. The summed E-state index contributed by atoms with van der Waals surface area (Å²) in [5.41, 5.74) is 0. The van der Waals surface area contributed by atoms with Crippen molar-refractivity contribution < 1.29 is 9.53 Å². The fourth-order valence-electron chi connectivity index (χ4n) is 0.370. The molecule has 0 amide bonds. The fourth-order valence-corrected chi connectivity index (χ4v) is 0.370. The van der Waals surface area contributed by atoms with E-state index < -0.39 is 0 Å². The molecule has 1 atom stereocenters. The Labute approximate surface area is 54.4 Å². The van der Waals surface area contributed by atoms with E-state index in [9.17, 15) is 4.79 Å². The Morgan fingerprint density at radius 3 is 2.78 bits per heavy atom. The normalized spacial score (nSPS) is 11.7. The predicted molar refractivity (Wildman–Crippen MR) is 32.7 cm³/mol. The Morgan fingerprint density at radius 1 is 1.89 bits per heavy atom. The van der Waals surface area contributed by atoms with Gasteiger partial charge in [0.2, 0.25) is 6.04 Å². The molecule has 50 valence electrons. The number of ether oxygens (including phenoxy) is 1. The first-order valence-corrected chi connectivity index (χ1v) is 2.64. The van der Waals surface area contributed by atoms with E-state index in [-0.39, 0.29) is 18.4 Å².